The van der Waals surface area contributed by atoms with Crippen molar-refractivity contribution in [1.29, 1.82) is 0 Å². The number of aliphatic hydroxyl groups excluding tert-OH is 1. The molecule has 5 heteroatoms. The molecule has 1 saturated heterocycles. The summed E-state index contributed by atoms with van der Waals surface area (Å²) in [6, 6.07) is 7.41. The fourth-order valence-corrected chi connectivity index (χ4v) is 2.75. The average molecular weight is 293 g/mol. The summed E-state index contributed by atoms with van der Waals surface area (Å²) in [5.74, 6) is -0.325. The zero-order valence-corrected chi connectivity index (χ0v) is 12.8. The van der Waals surface area contributed by atoms with Gasteiger partial charge in [0.1, 0.15) is 0 Å². The molecule has 0 radical (unpaired) electrons. The van der Waals surface area contributed by atoms with Crippen LogP contribution in [0.2, 0.25) is 0 Å². The molecule has 0 aliphatic carbocycles. The second kappa shape index (κ2) is 6.56. The third-order valence-corrected chi connectivity index (χ3v) is 3.54. The highest BCUT2D eigenvalue weighted by atomic mass is 16.5. The first-order valence-electron chi connectivity index (χ1n) is 7.12. The SMILES string of the molecule is COC(=O)c1ccc(CN2CC(CO)OC(C)(C)C2)cc1. The van der Waals surface area contributed by atoms with Gasteiger partial charge < -0.3 is 14.6 Å². The molecule has 5 nitrogen and oxygen atoms in total. The summed E-state index contributed by atoms with van der Waals surface area (Å²) in [6.45, 7) is 6.37. The summed E-state index contributed by atoms with van der Waals surface area (Å²) in [5, 5.41) is 9.33. The van der Waals surface area contributed by atoms with Crippen LogP contribution in [-0.2, 0) is 16.0 Å². The standard InChI is InChI=1S/C16H23NO4/c1-16(2)11-17(9-14(10-18)21-16)8-12-4-6-13(7-5-12)15(19)20-3/h4-7,14,18H,8-11H2,1-3H3. The van der Waals surface area contributed by atoms with Crippen molar-refractivity contribution in [2.75, 3.05) is 26.8 Å². The Hall–Kier alpha value is -1.43. The Morgan fingerprint density at radius 2 is 2.10 bits per heavy atom. The number of methoxy groups -OCH3 is 1. The van der Waals surface area contributed by atoms with Gasteiger partial charge in [-0.25, -0.2) is 4.79 Å². The first-order valence-corrected chi connectivity index (χ1v) is 7.12. The number of carbonyl (C=O) groups excluding carboxylic acids is 1. The predicted molar refractivity (Wildman–Crippen MR) is 79.1 cm³/mol. The van der Waals surface area contributed by atoms with Crippen LogP contribution in [0.4, 0.5) is 0 Å². The van der Waals surface area contributed by atoms with Crippen LogP contribution in [-0.4, -0.2) is 54.5 Å². The zero-order chi connectivity index (χ0) is 15.5. The number of esters is 1. The van der Waals surface area contributed by atoms with E-state index in [4.69, 9.17) is 4.74 Å². The molecule has 2 rings (SSSR count). The lowest BCUT2D eigenvalue weighted by Gasteiger charge is -2.42. The van der Waals surface area contributed by atoms with Gasteiger partial charge in [-0.3, -0.25) is 4.90 Å². The van der Waals surface area contributed by atoms with Crippen molar-refractivity contribution in [2.45, 2.75) is 32.1 Å². The number of benzene rings is 1. The van der Waals surface area contributed by atoms with Crippen LogP contribution in [0.25, 0.3) is 0 Å². The van der Waals surface area contributed by atoms with Crippen LogP contribution < -0.4 is 0 Å². The van der Waals surface area contributed by atoms with E-state index in [1.807, 2.05) is 26.0 Å². The molecule has 0 amide bonds. The molecule has 1 atom stereocenters. The van der Waals surface area contributed by atoms with Crippen LogP contribution in [0.15, 0.2) is 24.3 Å². The highest BCUT2D eigenvalue weighted by Gasteiger charge is 2.32. The summed E-state index contributed by atoms with van der Waals surface area (Å²) in [5.41, 5.74) is 1.41. The van der Waals surface area contributed by atoms with Gasteiger partial charge in [0.05, 0.1) is 31.0 Å². The molecule has 1 heterocycles. The lowest BCUT2D eigenvalue weighted by molar-refractivity contribution is -0.150. The van der Waals surface area contributed by atoms with Gasteiger partial charge in [0.15, 0.2) is 0 Å². The molecule has 0 saturated carbocycles. The minimum atomic E-state index is -0.325. The third-order valence-electron chi connectivity index (χ3n) is 3.54. The Kier molecular flexibility index (Phi) is 4.98. The van der Waals surface area contributed by atoms with Crippen molar-refractivity contribution in [1.82, 2.24) is 4.90 Å². The fourth-order valence-electron chi connectivity index (χ4n) is 2.75. The maximum absolute atomic E-state index is 11.4. The summed E-state index contributed by atoms with van der Waals surface area (Å²) in [6.07, 6.45) is -0.150. The van der Waals surface area contributed by atoms with Crippen molar-refractivity contribution in [3.05, 3.63) is 35.4 Å². The fraction of sp³-hybridized carbons (Fsp3) is 0.562. The topological polar surface area (TPSA) is 59.0 Å². The number of hydrogen-bond donors (Lipinski definition) is 1. The van der Waals surface area contributed by atoms with Crippen molar-refractivity contribution in [3.8, 4) is 0 Å². The van der Waals surface area contributed by atoms with Gasteiger partial charge in [0.2, 0.25) is 0 Å². The normalized spacial score (nSPS) is 22.0. The molecule has 21 heavy (non-hydrogen) atoms. The molecule has 1 N–H and O–H groups in total. The van der Waals surface area contributed by atoms with Crippen LogP contribution in [0.5, 0.6) is 0 Å². The molecule has 1 aromatic carbocycles. The van der Waals surface area contributed by atoms with Crippen LogP contribution >= 0.6 is 0 Å². The van der Waals surface area contributed by atoms with Crippen LogP contribution in [0.1, 0.15) is 29.8 Å². The minimum Gasteiger partial charge on any atom is -0.465 e. The lowest BCUT2D eigenvalue weighted by atomic mass is 10.0. The van der Waals surface area contributed by atoms with E-state index in [1.54, 1.807) is 12.1 Å². The van der Waals surface area contributed by atoms with E-state index >= 15 is 0 Å². The van der Waals surface area contributed by atoms with Gasteiger partial charge in [-0.2, -0.15) is 0 Å². The highest BCUT2D eigenvalue weighted by molar-refractivity contribution is 5.89. The summed E-state index contributed by atoms with van der Waals surface area (Å²) < 4.78 is 10.5. The number of hydrogen-bond acceptors (Lipinski definition) is 5. The third kappa shape index (κ3) is 4.27. The largest absolute Gasteiger partial charge is 0.465 e. The minimum absolute atomic E-state index is 0.0290. The summed E-state index contributed by atoms with van der Waals surface area (Å²) in [7, 11) is 1.38. The smallest absolute Gasteiger partial charge is 0.337 e. The molecular weight excluding hydrogens is 270 g/mol. The van der Waals surface area contributed by atoms with Gasteiger partial charge >= 0.3 is 5.97 Å². The van der Waals surface area contributed by atoms with Crippen LogP contribution in [0, 0.1) is 0 Å². The highest BCUT2D eigenvalue weighted by Crippen LogP contribution is 2.22. The number of rotatable bonds is 4. The molecule has 0 bridgehead atoms. The molecule has 1 aromatic rings. The maximum Gasteiger partial charge on any atom is 0.337 e. The Morgan fingerprint density at radius 1 is 1.43 bits per heavy atom. The molecule has 0 aromatic heterocycles. The Balaban J connectivity index is 2.02. The number of ether oxygens (including phenoxy) is 2. The molecule has 116 valence electrons. The maximum atomic E-state index is 11.4. The molecule has 1 fully saturated rings. The lowest BCUT2D eigenvalue weighted by Crippen LogP contribution is -2.53. The monoisotopic (exact) mass is 293 g/mol. The zero-order valence-electron chi connectivity index (χ0n) is 12.8. The average Bonchev–Trinajstić information content (AvgIpc) is 2.45. The van der Waals surface area contributed by atoms with Gasteiger partial charge in [0, 0.05) is 19.6 Å². The van der Waals surface area contributed by atoms with E-state index in [2.05, 4.69) is 9.64 Å². The number of morpholine rings is 1. The van der Waals surface area contributed by atoms with E-state index in [-0.39, 0.29) is 24.3 Å². The van der Waals surface area contributed by atoms with Crippen molar-refractivity contribution >= 4 is 5.97 Å². The van der Waals surface area contributed by atoms with E-state index in [0.717, 1.165) is 18.7 Å². The van der Waals surface area contributed by atoms with E-state index in [1.165, 1.54) is 7.11 Å². The number of nitrogens with zero attached hydrogens (tertiary/aromatic N) is 1. The molecule has 1 aliphatic rings. The first-order chi connectivity index (χ1) is 9.93. The molecular formula is C16H23NO4. The van der Waals surface area contributed by atoms with E-state index in [0.29, 0.717) is 12.1 Å². The number of carbonyl (C=O) groups is 1. The van der Waals surface area contributed by atoms with Crippen molar-refractivity contribution < 1.29 is 19.4 Å². The van der Waals surface area contributed by atoms with Gasteiger partial charge in [-0.15, -0.1) is 0 Å². The van der Waals surface area contributed by atoms with Crippen molar-refractivity contribution in [2.24, 2.45) is 0 Å². The molecule has 0 spiro atoms. The van der Waals surface area contributed by atoms with E-state index < -0.39 is 0 Å². The first kappa shape index (κ1) is 15.9. The van der Waals surface area contributed by atoms with Crippen molar-refractivity contribution in [3.63, 3.8) is 0 Å². The Morgan fingerprint density at radius 3 is 2.67 bits per heavy atom. The van der Waals surface area contributed by atoms with Crippen LogP contribution in [0.3, 0.4) is 0 Å². The van der Waals surface area contributed by atoms with E-state index in [9.17, 15) is 9.90 Å². The number of aliphatic hydroxyl groups is 1. The van der Waals surface area contributed by atoms with Gasteiger partial charge in [0.25, 0.3) is 0 Å². The Labute approximate surface area is 125 Å². The molecule has 1 unspecified atom stereocenters. The quantitative estimate of drug-likeness (QED) is 0.851. The predicted octanol–water partition coefficient (Wildman–Crippen LogP) is 1.44. The molecule has 1 aliphatic heterocycles. The Bertz CT molecular complexity index is 484. The van der Waals surface area contributed by atoms with Gasteiger partial charge in [-0.1, -0.05) is 12.1 Å². The second-order valence-electron chi connectivity index (χ2n) is 6.04. The second-order valence-corrected chi connectivity index (χ2v) is 6.04. The van der Waals surface area contributed by atoms with Gasteiger partial charge in [-0.05, 0) is 31.5 Å². The summed E-state index contributed by atoms with van der Waals surface area (Å²) >= 11 is 0. The summed E-state index contributed by atoms with van der Waals surface area (Å²) in [4.78, 5) is 13.7.